The molecule has 1 aliphatic heterocycles. The highest BCUT2D eigenvalue weighted by Gasteiger charge is 2.12. The molecule has 1 aliphatic rings. The van der Waals surface area contributed by atoms with E-state index in [1.54, 1.807) is 0 Å². The average Bonchev–Trinajstić information content (AvgIpc) is 2.40. The highest BCUT2D eigenvalue weighted by atomic mass is 16.5. The molecule has 4 heteroatoms. The zero-order valence-corrected chi connectivity index (χ0v) is 9.89. The summed E-state index contributed by atoms with van der Waals surface area (Å²) in [5.41, 5.74) is 2.05. The van der Waals surface area contributed by atoms with Crippen molar-refractivity contribution < 1.29 is 4.74 Å². The molecule has 4 nitrogen and oxygen atoms in total. The fraction of sp³-hybridized carbons (Fsp3) is 0.385. The molecular weight excluding hydrogens is 214 g/mol. The Kier molecular flexibility index (Phi) is 2.65. The first-order chi connectivity index (χ1) is 8.34. The minimum Gasteiger partial charge on any atom is -0.378 e. The molecule has 0 bridgehead atoms. The Morgan fingerprint density at radius 2 is 2.00 bits per heavy atom. The van der Waals surface area contributed by atoms with Crippen LogP contribution in [-0.4, -0.2) is 36.3 Å². The molecular formula is C13H15N3O. The van der Waals surface area contributed by atoms with Gasteiger partial charge in [0.25, 0.3) is 0 Å². The van der Waals surface area contributed by atoms with Crippen molar-refractivity contribution in [2.24, 2.45) is 0 Å². The van der Waals surface area contributed by atoms with Gasteiger partial charge in [-0.1, -0.05) is 0 Å². The summed E-state index contributed by atoms with van der Waals surface area (Å²) in [6.07, 6.45) is 1.81. The summed E-state index contributed by atoms with van der Waals surface area (Å²) in [5.74, 6) is 1.03. The summed E-state index contributed by atoms with van der Waals surface area (Å²) in [5, 5.41) is 1.13. The predicted octanol–water partition coefficient (Wildman–Crippen LogP) is 1.77. The van der Waals surface area contributed by atoms with Gasteiger partial charge in [-0.2, -0.15) is 0 Å². The maximum atomic E-state index is 5.35. The summed E-state index contributed by atoms with van der Waals surface area (Å²) in [6, 6.07) is 6.14. The lowest BCUT2D eigenvalue weighted by molar-refractivity contribution is 0.122. The van der Waals surface area contributed by atoms with Crippen molar-refractivity contribution in [2.75, 3.05) is 31.2 Å². The Bertz CT molecular complexity index is 535. The van der Waals surface area contributed by atoms with Crippen LogP contribution in [0.25, 0.3) is 10.9 Å². The van der Waals surface area contributed by atoms with Crippen LogP contribution < -0.4 is 4.90 Å². The van der Waals surface area contributed by atoms with E-state index in [1.807, 2.05) is 19.2 Å². The zero-order chi connectivity index (χ0) is 11.7. The first-order valence-corrected chi connectivity index (χ1v) is 5.90. The molecule has 3 rings (SSSR count). The molecule has 0 saturated carbocycles. The maximum absolute atomic E-state index is 5.35. The summed E-state index contributed by atoms with van der Waals surface area (Å²) in [6.45, 7) is 5.42. The smallest absolute Gasteiger partial charge is 0.129 e. The molecule has 0 aliphatic carbocycles. The average molecular weight is 229 g/mol. The molecule has 88 valence electrons. The molecule has 0 spiro atoms. The standard InChI is InChI=1S/C13H15N3O/c1-10-11-2-3-13(15-12(11)4-5-14-10)16-6-8-17-9-7-16/h2-5H,6-9H2,1H3. The quantitative estimate of drug-likeness (QED) is 0.747. The molecule has 1 fully saturated rings. The molecule has 0 N–H and O–H groups in total. The minimum absolute atomic E-state index is 0.787. The van der Waals surface area contributed by atoms with E-state index in [9.17, 15) is 0 Å². The SMILES string of the molecule is Cc1nccc2nc(N3CCOCC3)ccc12. The van der Waals surface area contributed by atoms with E-state index >= 15 is 0 Å². The topological polar surface area (TPSA) is 38.2 Å². The van der Waals surface area contributed by atoms with Crippen molar-refractivity contribution in [1.29, 1.82) is 0 Å². The Balaban J connectivity index is 2.01. The van der Waals surface area contributed by atoms with Gasteiger partial charge >= 0.3 is 0 Å². The normalized spacial score (nSPS) is 16.4. The number of hydrogen-bond acceptors (Lipinski definition) is 4. The van der Waals surface area contributed by atoms with Crippen molar-refractivity contribution in [3.8, 4) is 0 Å². The highest BCUT2D eigenvalue weighted by Crippen LogP contribution is 2.20. The van der Waals surface area contributed by atoms with Gasteiger partial charge in [-0.25, -0.2) is 4.98 Å². The van der Waals surface area contributed by atoms with Crippen molar-refractivity contribution >= 4 is 16.7 Å². The molecule has 2 aromatic heterocycles. The van der Waals surface area contributed by atoms with Crippen molar-refractivity contribution in [3.05, 3.63) is 30.1 Å². The lowest BCUT2D eigenvalue weighted by Crippen LogP contribution is -2.36. The summed E-state index contributed by atoms with van der Waals surface area (Å²) in [4.78, 5) is 11.2. The third kappa shape index (κ3) is 1.96. The van der Waals surface area contributed by atoms with Crippen LogP contribution in [0.15, 0.2) is 24.4 Å². The second-order valence-electron chi connectivity index (χ2n) is 4.23. The highest BCUT2D eigenvalue weighted by molar-refractivity contribution is 5.82. The van der Waals surface area contributed by atoms with Gasteiger partial charge in [-0.3, -0.25) is 4.98 Å². The van der Waals surface area contributed by atoms with Gasteiger partial charge in [0.1, 0.15) is 5.82 Å². The largest absolute Gasteiger partial charge is 0.378 e. The van der Waals surface area contributed by atoms with Crippen molar-refractivity contribution in [3.63, 3.8) is 0 Å². The lowest BCUT2D eigenvalue weighted by Gasteiger charge is -2.27. The number of morpholine rings is 1. The Labute approximate surface area is 100 Å². The summed E-state index contributed by atoms with van der Waals surface area (Å²) in [7, 11) is 0. The number of ether oxygens (including phenoxy) is 1. The van der Waals surface area contributed by atoms with E-state index in [1.165, 1.54) is 0 Å². The first kappa shape index (κ1) is 10.5. The maximum Gasteiger partial charge on any atom is 0.129 e. The molecule has 0 unspecified atom stereocenters. The Hall–Kier alpha value is -1.68. The van der Waals surface area contributed by atoms with Gasteiger partial charge in [0.2, 0.25) is 0 Å². The van der Waals surface area contributed by atoms with E-state index < -0.39 is 0 Å². The predicted molar refractivity (Wildman–Crippen MR) is 67.3 cm³/mol. The first-order valence-electron chi connectivity index (χ1n) is 5.90. The van der Waals surface area contributed by atoms with Gasteiger partial charge in [-0.15, -0.1) is 0 Å². The number of rotatable bonds is 1. The molecule has 3 heterocycles. The van der Waals surface area contributed by atoms with Crippen LogP contribution in [-0.2, 0) is 4.74 Å². The number of anilines is 1. The van der Waals surface area contributed by atoms with Gasteiger partial charge in [-0.05, 0) is 25.1 Å². The molecule has 0 amide bonds. The number of aromatic nitrogens is 2. The second-order valence-corrected chi connectivity index (χ2v) is 4.23. The van der Waals surface area contributed by atoms with E-state index in [4.69, 9.17) is 9.72 Å². The van der Waals surface area contributed by atoms with Crippen LogP contribution >= 0.6 is 0 Å². The number of fused-ring (bicyclic) bond motifs is 1. The fourth-order valence-corrected chi connectivity index (χ4v) is 2.15. The molecule has 0 radical (unpaired) electrons. The number of pyridine rings is 2. The summed E-state index contributed by atoms with van der Waals surface area (Å²) >= 11 is 0. The molecule has 17 heavy (non-hydrogen) atoms. The van der Waals surface area contributed by atoms with E-state index in [2.05, 4.69) is 22.0 Å². The Morgan fingerprint density at radius 1 is 1.18 bits per heavy atom. The molecule has 2 aromatic rings. The zero-order valence-electron chi connectivity index (χ0n) is 9.89. The van der Waals surface area contributed by atoms with Gasteiger partial charge in [0.05, 0.1) is 18.7 Å². The third-order valence-electron chi connectivity index (χ3n) is 3.14. The van der Waals surface area contributed by atoms with E-state index in [-0.39, 0.29) is 0 Å². The van der Waals surface area contributed by atoms with E-state index in [0.717, 1.165) is 48.7 Å². The fourth-order valence-electron chi connectivity index (χ4n) is 2.15. The second kappa shape index (κ2) is 4.30. The molecule has 1 saturated heterocycles. The molecule has 0 aromatic carbocycles. The third-order valence-corrected chi connectivity index (χ3v) is 3.14. The number of aryl methyl sites for hydroxylation is 1. The lowest BCUT2D eigenvalue weighted by atomic mass is 10.2. The van der Waals surface area contributed by atoms with Crippen LogP contribution in [0.1, 0.15) is 5.69 Å². The summed E-state index contributed by atoms with van der Waals surface area (Å²) < 4.78 is 5.35. The van der Waals surface area contributed by atoms with Gasteiger partial charge < -0.3 is 9.64 Å². The van der Waals surface area contributed by atoms with Gasteiger partial charge in [0.15, 0.2) is 0 Å². The van der Waals surface area contributed by atoms with Gasteiger partial charge in [0, 0.05) is 30.4 Å². The van der Waals surface area contributed by atoms with Crippen LogP contribution in [0, 0.1) is 6.92 Å². The van der Waals surface area contributed by atoms with Crippen LogP contribution in [0.5, 0.6) is 0 Å². The number of hydrogen-bond donors (Lipinski definition) is 0. The minimum atomic E-state index is 0.787. The van der Waals surface area contributed by atoms with E-state index in [0.29, 0.717) is 0 Å². The van der Waals surface area contributed by atoms with Crippen LogP contribution in [0.3, 0.4) is 0 Å². The van der Waals surface area contributed by atoms with Crippen molar-refractivity contribution in [1.82, 2.24) is 9.97 Å². The van der Waals surface area contributed by atoms with Crippen molar-refractivity contribution in [2.45, 2.75) is 6.92 Å². The van der Waals surface area contributed by atoms with Crippen LogP contribution in [0.4, 0.5) is 5.82 Å². The van der Waals surface area contributed by atoms with Crippen LogP contribution in [0.2, 0.25) is 0 Å². The monoisotopic (exact) mass is 229 g/mol. The molecule has 0 atom stereocenters. The Morgan fingerprint density at radius 3 is 2.82 bits per heavy atom. The number of nitrogens with zero attached hydrogens (tertiary/aromatic N) is 3.